The zero-order chi connectivity index (χ0) is 20.3. The van der Waals surface area contributed by atoms with Crippen LogP contribution in [0.3, 0.4) is 0 Å². The van der Waals surface area contributed by atoms with Crippen molar-refractivity contribution < 1.29 is 9.32 Å². The Morgan fingerprint density at radius 3 is 2.83 bits per heavy atom. The van der Waals surface area contributed by atoms with Crippen LogP contribution in [0.25, 0.3) is 21.8 Å². The van der Waals surface area contributed by atoms with E-state index in [0.29, 0.717) is 28.1 Å². The van der Waals surface area contributed by atoms with Crippen LogP contribution in [0.15, 0.2) is 27.5 Å². The Morgan fingerprint density at radius 1 is 1.33 bits per heavy atom. The lowest BCUT2D eigenvalue weighted by atomic mass is 9.90. The fourth-order valence-corrected chi connectivity index (χ4v) is 4.81. The van der Waals surface area contributed by atoms with Crippen molar-refractivity contribution in [3.05, 3.63) is 39.3 Å². The number of hydrogen-bond donors (Lipinski definition) is 2. The minimum absolute atomic E-state index is 0. The molecule has 0 aliphatic heterocycles. The minimum Gasteiger partial charge on any atom is -0.360 e. The van der Waals surface area contributed by atoms with Crippen molar-refractivity contribution in [2.24, 2.45) is 5.73 Å². The van der Waals surface area contributed by atoms with Crippen LogP contribution in [-0.2, 0) is 4.79 Å². The first kappa shape index (κ1) is 21.2. The van der Waals surface area contributed by atoms with Gasteiger partial charge in [0.25, 0.3) is 5.56 Å². The number of hydrogen-bond acceptors (Lipinski definition) is 5. The number of benzene rings is 1. The molecule has 2 heterocycles. The number of carbonyl (C=O) groups is 1. The Bertz CT molecular complexity index is 1200. The molecule has 3 N–H and O–H groups in total. The van der Waals surface area contributed by atoms with Crippen molar-refractivity contribution in [3.8, 4) is 0 Å². The minimum atomic E-state index is -0.692. The van der Waals surface area contributed by atoms with Crippen LogP contribution in [0.5, 0.6) is 0 Å². The fraction of sp³-hybridized carbons (Fsp3) is 0.476. The van der Waals surface area contributed by atoms with E-state index < -0.39 is 5.54 Å². The van der Waals surface area contributed by atoms with E-state index in [1.165, 1.54) is 0 Å². The average molecular weight is 451 g/mol. The normalized spacial score (nSPS) is 22.6. The molecule has 9 heteroatoms. The van der Waals surface area contributed by atoms with Gasteiger partial charge >= 0.3 is 0 Å². The molecule has 0 saturated heterocycles. The van der Waals surface area contributed by atoms with Crippen LogP contribution < -0.4 is 16.6 Å². The number of nitrogens with one attached hydrogen (secondary N) is 1. The third-order valence-corrected chi connectivity index (χ3v) is 6.69. The molecule has 7 nitrogen and oxygen atoms in total. The number of aryl methyl sites for hydroxylation is 1. The molecule has 2 aromatic heterocycles. The van der Waals surface area contributed by atoms with Crippen LogP contribution in [0, 0.1) is 6.92 Å². The molecule has 0 spiro atoms. The van der Waals surface area contributed by atoms with E-state index in [9.17, 15) is 9.59 Å². The highest BCUT2D eigenvalue weighted by Gasteiger charge is 2.46. The Morgan fingerprint density at radius 2 is 2.10 bits per heavy atom. The SMILES string of the molecule is Cc1onc2c1c(=O)n(C1CCCC(NC(=O)C3(N)CC3)C1)c1cccc(Cl)c21.Cl. The van der Waals surface area contributed by atoms with Crippen molar-refractivity contribution in [1.82, 2.24) is 15.0 Å². The highest BCUT2D eigenvalue weighted by molar-refractivity contribution is 6.37. The van der Waals surface area contributed by atoms with Crippen molar-refractivity contribution in [3.63, 3.8) is 0 Å². The van der Waals surface area contributed by atoms with Gasteiger partial charge in [-0.1, -0.05) is 22.8 Å². The molecule has 0 radical (unpaired) electrons. The van der Waals surface area contributed by atoms with Crippen LogP contribution in [-0.4, -0.2) is 27.2 Å². The number of amides is 1. The molecule has 2 saturated carbocycles. The summed E-state index contributed by atoms with van der Waals surface area (Å²) >= 11 is 6.50. The van der Waals surface area contributed by atoms with Gasteiger partial charge in [-0.15, -0.1) is 12.4 Å². The molecule has 2 aliphatic rings. The molecule has 2 aliphatic carbocycles. The molecular weight excluding hydrogens is 427 g/mol. The number of nitrogens with two attached hydrogens (primary N) is 1. The van der Waals surface area contributed by atoms with Crippen molar-refractivity contribution in [1.29, 1.82) is 0 Å². The van der Waals surface area contributed by atoms with Crippen LogP contribution in [0.1, 0.15) is 50.3 Å². The third-order valence-electron chi connectivity index (χ3n) is 6.37. The van der Waals surface area contributed by atoms with E-state index in [4.69, 9.17) is 21.9 Å². The van der Waals surface area contributed by atoms with E-state index in [0.717, 1.165) is 43.0 Å². The predicted molar refractivity (Wildman–Crippen MR) is 118 cm³/mol. The smallest absolute Gasteiger partial charge is 0.264 e. The molecular formula is C21H24Cl2N4O3. The van der Waals surface area contributed by atoms with Crippen LogP contribution in [0.2, 0.25) is 5.02 Å². The lowest BCUT2D eigenvalue weighted by molar-refractivity contribution is -0.124. The van der Waals surface area contributed by atoms with Gasteiger partial charge in [0, 0.05) is 17.5 Å². The summed E-state index contributed by atoms with van der Waals surface area (Å²) in [6.45, 7) is 1.74. The number of carbonyl (C=O) groups excluding carboxylic acids is 1. The molecule has 2 fully saturated rings. The predicted octanol–water partition coefficient (Wildman–Crippen LogP) is 3.62. The lowest BCUT2D eigenvalue weighted by Gasteiger charge is -2.32. The topological polar surface area (TPSA) is 103 Å². The molecule has 2 atom stereocenters. The van der Waals surface area contributed by atoms with Gasteiger partial charge in [-0.2, -0.15) is 0 Å². The van der Waals surface area contributed by atoms with Crippen molar-refractivity contribution in [2.45, 2.75) is 63.1 Å². The van der Waals surface area contributed by atoms with Gasteiger partial charge in [-0.25, -0.2) is 0 Å². The number of aromatic nitrogens is 2. The highest BCUT2D eigenvalue weighted by atomic mass is 35.5. The monoisotopic (exact) mass is 450 g/mol. The second kappa shape index (κ2) is 7.55. The number of fused-ring (bicyclic) bond motifs is 3. The molecule has 1 amide bonds. The Balaban J connectivity index is 0.00000218. The maximum Gasteiger partial charge on any atom is 0.264 e. The van der Waals surface area contributed by atoms with E-state index in [2.05, 4.69) is 10.5 Å². The van der Waals surface area contributed by atoms with E-state index >= 15 is 0 Å². The Kier molecular flexibility index (Phi) is 5.33. The van der Waals surface area contributed by atoms with Gasteiger partial charge in [0.15, 0.2) is 0 Å². The zero-order valence-corrected chi connectivity index (χ0v) is 18.2. The number of rotatable bonds is 3. The number of halogens is 2. The quantitative estimate of drug-likeness (QED) is 0.633. The van der Waals surface area contributed by atoms with Crippen molar-refractivity contribution in [2.75, 3.05) is 0 Å². The summed E-state index contributed by atoms with van der Waals surface area (Å²) in [6.07, 6.45) is 4.82. The lowest BCUT2D eigenvalue weighted by Crippen LogP contribution is -2.48. The highest BCUT2D eigenvalue weighted by Crippen LogP contribution is 2.36. The molecule has 2 unspecified atom stereocenters. The maximum absolute atomic E-state index is 13.4. The average Bonchev–Trinajstić information content (AvgIpc) is 3.33. The van der Waals surface area contributed by atoms with Crippen LogP contribution >= 0.6 is 24.0 Å². The zero-order valence-electron chi connectivity index (χ0n) is 16.6. The van der Waals surface area contributed by atoms with Gasteiger partial charge in [0.2, 0.25) is 5.91 Å². The fourth-order valence-electron chi connectivity index (χ4n) is 4.56. The van der Waals surface area contributed by atoms with Gasteiger partial charge in [-0.3, -0.25) is 9.59 Å². The van der Waals surface area contributed by atoms with Gasteiger partial charge in [-0.05, 0) is 57.6 Å². The molecule has 30 heavy (non-hydrogen) atoms. The summed E-state index contributed by atoms with van der Waals surface area (Å²) in [5, 5.41) is 8.94. The third kappa shape index (κ3) is 3.29. The second-order valence-electron chi connectivity index (χ2n) is 8.42. The van der Waals surface area contributed by atoms with E-state index in [1.807, 2.05) is 16.7 Å². The van der Waals surface area contributed by atoms with Crippen molar-refractivity contribution >= 4 is 51.7 Å². The largest absolute Gasteiger partial charge is 0.360 e. The first-order valence-electron chi connectivity index (χ1n) is 10.1. The standard InChI is InChI=1S/C21H23ClN4O3.ClH/c1-11-16-18(25-29-11)17-14(22)6-3-7-15(17)26(19(16)27)13-5-2-4-12(10-13)24-20(28)21(23)8-9-21;/h3,6-7,12-13H,2,4-5,8-10,23H2,1H3,(H,24,28);1H. The molecule has 0 bridgehead atoms. The Hall–Kier alpha value is -2.09. The van der Waals surface area contributed by atoms with E-state index in [1.54, 1.807) is 13.0 Å². The Labute approximate surface area is 184 Å². The molecule has 3 aromatic rings. The van der Waals surface area contributed by atoms with Gasteiger partial charge in [0.05, 0.1) is 16.1 Å². The van der Waals surface area contributed by atoms with E-state index in [-0.39, 0.29) is 36.0 Å². The van der Waals surface area contributed by atoms with Gasteiger partial charge in [0.1, 0.15) is 16.7 Å². The number of nitrogens with zero attached hydrogens (tertiary/aromatic N) is 2. The molecule has 160 valence electrons. The summed E-state index contributed by atoms with van der Waals surface area (Å²) in [4.78, 5) is 25.9. The second-order valence-corrected chi connectivity index (χ2v) is 8.83. The first-order valence-corrected chi connectivity index (χ1v) is 10.5. The number of pyridine rings is 1. The summed E-state index contributed by atoms with van der Waals surface area (Å²) in [5.74, 6) is 0.411. The molecule has 5 rings (SSSR count). The summed E-state index contributed by atoms with van der Waals surface area (Å²) in [5.41, 5.74) is 6.47. The first-order chi connectivity index (χ1) is 13.9. The maximum atomic E-state index is 13.4. The van der Waals surface area contributed by atoms with Crippen LogP contribution in [0.4, 0.5) is 0 Å². The molecule has 1 aromatic carbocycles. The summed E-state index contributed by atoms with van der Waals surface area (Å²) in [7, 11) is 0. The summed E-state index contributed by atoms with van der Waals surface area (Å²) in [6, 6.07) is 5.49. The summed E-state index contributed by atoms with van der Waals surface area (Å²) < 4.78 is 7.15. The van der Waals surface area contributed by atoms with Gasteiger partial charge < -0.3 is 20.1 Å².